The van der Waals surface area contributed by atoms with Crippen molar-refractivity contribution in [3.63, 3.8) is 0 Å². The second kappa shape index (κ2) is 9.98. The van der Waals surface area contributed by atoms with Gasteiger partial charge in [-0.1, -0.05) is 23.7 Å². The molecule has 0 aromatic heterocycles. The fourth-order valence-corrected chi connectivity index (χ4v) is 3.44. The standard InChI is InChI=1S/C20H27ClN2O5/c1-14-9-15(3-4-18(14)21)12-26-13-16-10-17(11-16)28-20(25)23-6-2-8-27-19(24)22-5-7-23/h3-4,9,16-17H,2,5-8,10-13H2,1H3,(H,22,24)/t16-,17+. The molecule has 28 heavy (non-hydrogen) atoms. The number of hydrogen-bond acceptors (Lipinski definition) is 5. The molecule has 0 atom stereocenters. The van der Waals surface area contributed by atoms with Crippen LogP contribution in [0.4, 0.5) is 9.59 Å². The number of carbonyl (C=O) groups is 2. The van der Waals surface area contributed by atoms with Crippen LogP contribution in [0.1, 0.15) is 30.4 Å². The topological polar surface area (TPSA) is 77.1 Å². The lowest BCUT2D eigenvalue weighted by atomic mass is 9.83. The Hall–Kier alpha value is -1.99. The van der Waals surface area contributed by atoms with E-state index in [-0.39, 0.29) is 12.2 Å². The number of hydrogen-bond donors (Lipinski definition) is 1. The summed E-state index contributed by atoms with van der Waals surface area (Å²) in [5, 5.41) is 3.37. The second-order valence-electron chi connectivity index (χ2n) is 7.35. The van der Waals surface area contributed by atoms with Gasteiger partial charge in [0.25, 0.3) is 0 Å². The third kappa shape index (κ3) is 6.01. The van der Waals surface area contributed by atoms with Gasteiger partial charge in [0.2, 0.25) is 0 Å². The molecule has 1 heterocycles. The van der Waals surface area contributed by atoms with Crippen molar-refractivity contribution in [2.45, 2.75) is 38.9 Å². The molecule has 2 aliphatic rings. The van der Waals surface area contributed by atoms with Crippen LogP contribution in [0.2, 0.25) is 5.02 Å². The molecule has 2 fully saturated rings. The molecule has 1 saturated heterocycles. The van der Waals surface area contributed by atoms with E-state index in [0.717, 1.165) is 29.0 Å². The van der Waals surface area contributed by atoms with E-state index in [2.05, 4.69) is 5.32 Å². The van der Waals surface area contributed by atoms with Crippen LogP contribution in [-0.2, 0) is 20.8 Å². The number of cyclic esters (lactones) is 1. The van der Waals surface area contributed by atoms with Gasteiger partial charge in [-0.25, -0.2) is 9.59 Å². The summed E-state index contributed by atoms with van der Waals surface area (Å²) < 4.78 is 16.3. The first-order valence-corrected chi connectivity index (χ1v) is 10.1. The van der Waals surface area contributed by atoms with Crippen molar-refractivity contribution in [1.82, 2.24) is 10.2 Å². The predicted molar refractivity (Wildman–Crippen MR) is 104 cm³/mol. The van der Waals surface area contributed by atoms with Crippen LogP contribution >= 0.6 is 11.6 Å². The quantitative estimate of drug-likeness (QED) is 0.803. The number of nitrogens with zero attached hydrogens (tertiary/aromatic N) is 1. The van der Waals surface area contributed by atoms with Crippen molar-refractivity contribution in [2.75, 3.05) is 32.8 Å². The van der Waals surface area contributed by atoms with Gasteiger partial charge in [0.05, 0.1) is 19.8 Å². The predicted octanol–water partition coefficient (Wildman–Crippen LogP) is 3.51. The minimum absolute atomic E-state index is 0.0580. The summed E-state index contributed by atoms with van der Waals surface area (Å²) in [6.07, 6.45) is 1.42. The van der Waals surface area contributed by atoms with Gasteiger partial charge in [-0.3, -0.25) is 0 Å². The molecule has 1 aromatic rings. The maximum atomic E-state index is 12.3. The number of ether oxygens (including phenoxy) is 3. The summed E-state index contributed by atoms with van der Waals surface area (Å²) in [6.45, 7) is 4.79. The van der Waals surface area contributed by atoms with Crippen molar-refractivity contribution in [2.24, 2.45) is 5.92 Å². The van der Waals surface area contributed by atoms with E-state index in [4.69, 9.17) is 25.8 Å². The smallest absolute Gasteiger partial charge is 0.410 e. The number of amides is 2. The molecule has 0 spiro atoms. The maximum Gasteiger partial charge on any atom is 0.410 e. The summed E-state index contributed by atoms with van der Waals surface area (Å²) in [5.74, 6) is 0.411. The molecule has 3 rings (SSSR count). The van der Waals surface area contributed by atoms with Gasteiger partial charge in [-0.15, -0.1) is 0 Å². The maximum absolute atomic E-state index is 12.3. The zero-order valence-electron chi connectivity index (χ0n) is 16.1. The third-order valence-electron chi connectivity index (χ3n) is 5.02. The van der Waals surface area contributed by atoms with Gasteiger partial charge in [-0.2, -0.15) is 0 Å². The Labute approximate surface area is 170 Å². The van der Waals surface area contributed by atoms with Gasteiger partial charge >= 0.3 is 12.2 Å². The molecule has 8 heteroatoms. The fraction of sp³-hybridized carbons (Fsp3) is 0.600. The summed E-state index contributed by atoms with van der Waals surface area (Å²) in [4.78, 5) is 25.2. The summed E-state index contributed by atoms with van der Waals surface area (Å²) >= 11 is 6.03. The van der Waals surface area contributed by atoms with Gasteiger partial charge < -0.3 is 24.4 Å². The average Bonchev–Trinajstić information content (AvgIpc) is 2.74. The highest BCUT2D eigenvalue weighted by atomic mass is 35.5. The number of rotatable bonds is 5. The first kappa shape index (κ1) is 20.7. The minimum atomic E-state index is -0.439. The number of carbonyl (C=O) groups excluding carboxylic acids is 2. The number of alkyl carbamates (subject to hydrolysis) is 1. The van der Waals surface area contributed by atoms with Gasteiger partial charge in [0, 0.05) is 24.7 Å². The third-order valence-corrected chi connectivity index (χ3v) is 5.44. The van der Waals surface area contributed by atoms with Crippen LogP contribution in [0.25, 0.3) is 0 Å². The number of aryl methyl sites for hydroxylation is 1. The molecule has 7 nitrogen and oxygen atoms in total. The van der Waals surface area contributed by atoms with E-state index in [9.17, 15) is 9.59 Å². The lowest BCUT2D eigenvalue weighted by molar-refractivity contribution is -0.0344. The molecular formula is C20H27ClN2O5. The molecule has 1 N–H and O–H groups in total. The van der Waals surface area contributed by atoms with Gasteiger partial charge in [0.1, 0.15) is 6.10 Å². The minimum Gasteiger partial charge on any atom is -0.449 e. The molecule has 1 aromatic carbocycles. The lowest BCUT2D eigenvalue weighted by Crippen LogP contribution is -2.43. The molecule has 154 valence electrons. The molecule has 0 radical (unpaired) electrons. The monoisotopic (exact) mass is 410 g/mol. The van der Waals surface area contributed by atoms with Gasteiger partial charge in [-0.05, 0) is 49.3 Å². The Bertz CT molecular complexity index is 693. The summed E-state index contributed by atoms with van der Waals surface area (Å²) in [6, 6.07) is 5.89. The van der Waals surface area contributed by atoms with Crippen molar-refractivity contribution < 1.29 is 23.8 Å². The highest BCUT2D eigenvalue weighted by Gasteiger charge is 2.33. The molecule has 2 amide bonds. The molecule has 0 bridgehead atoms. The lowest BCUT2D eigenvalue weighted by Gasteiger charge is -2.35. The fourth-order valence-electron chi connectivity index (χ4n) is 3.32. The van der Waals surface area contributed by atoms with E-state index in [0.29, 0.717) is 51.8 Å². The molecule has 1 aliphatic heterocycles. The first-order chi connectivity index (χ1) is 13.5. The SMILES string of the molecule is Cc1cc(COC[C@H]2C[C@@H](OC(=O)N3CCCOC(=O)NCC3)C2)ccc1Cl. The Balaban J connectivity index is 1.32. The van der Waals surface area contributed by atoms with Crippen LogP contribution in [0.3, 0.4) is 0 Å². The van der Waals surface area contributed by atoms with E-state index >= 15 is 0 Å². The number of benzene rings is 1. The van der Waals surface area contributed by atoms with E-state index in [1.165, 1.54) is 0 Å². The van der Waals surface area contributed by atoms with Crippen molar-refractivity contribution in [1.29, 1.82) is 0 Å². The second-order valence-corrected chi connectivity index (χ2v) is 7.75. The van der Waals surface area contributed by atoms with Crippen LogP contribution in [0.5, 0.6) is 0 Å². The Morgan fingerprint density at radius 3 is 2.96 bits per heavy atom. The van der Waals surface area contributed by atoms with Crippen LogP contribution in [0, 0.1) is 12.8 Å². The van der Waals surface area contributed by atoms with E-state index in [1.54, 1.807) is 4.90 Å². The van der Waals surface area contributed by atoms with Crippen molar-refractivity contribution in [3.8, 4) is 0 Å². The number of nitrogens with one attached hydrogen (secondary N) is 1. The first-order valence-electron chi connectivity index (χ1n) is 9.70. The largest absolute Gasteiger partial charge is 0.449 e. The van der Waals surface area contributed by atoms with Gasteiger partial charge in [0.15, 0.2) is 0 Å². The van der Waals surface area contributed by atoms with Crippen LogP contribution in [-0.4, -0.2) is 56.0 Å². The van der Waals surface area contributed by atoms with Crippen molar-refractivity contribution >= 4 is 23.8 Å². The van der Waals surface area contributed by atoms with Crippen LogP contribution in [0.15, 0.2) is 18.2 Å². The summed E-state index contributed by atoms with van der Waals surface area (Å²) in [5.41, 5.74) is 2.15. The zero-order valence-corrected chi connectivity index (χ0v) is 16.9. The highest BCUT2D eigenvalue weighted by Crippen LogP contribution is 2.31. The van der Waals surface area contributed by atoms with Crippen LogP contribution < -0.4 is 5.32 Å². The molecular weight excluding hydrogens is 384 g/mol. The highest BCUT2D eigenvalue weighted by molar-refractivity contribution is 6.31. The average molecular weight is 411 g/mol. The Morgan fingerprint density at radius 1 is 1.36 bits per heavy atom. The zero-order chi connectivity index (χ0) is 19.9. The molecule has 1 aliphatic carbocycles. The van der Waals surface area contributed by atoms with E-state index < -0.39 is 6.09 Å². The Morgan fingerprint density at radius 2 is 2.18 bits per heavy atom. The Kier molecular flexibility index (Phi) is 7.39. The van der Waals surface area contributed by atoms with Crippen molar-refractivity contribution in [3.05, 3.63) is 34.3 Å². The molecule has 1 saturated carbocycles. The molecule has 0 unspecified atom stereocenters. The summed E-state index contributed by atoms with van der Waals surface area (Å²) in [7, 11) is 0. The van der Waals surface area contributed by atoms with E-state index in [1.807, 2.05) is 25.1 Å². The normalized spacial score (nSPS) is 22.8. The number of halogens is 1.